The van der Waals surface area contributed by atoms with Crippen molar-refractivity contribution in [1.82, 2.24) is 9.55 Å². The van der Waals surface area contributed by atoms with E-state index in [0.717, 1.165) is 11.0 Å². The van der Waals surface area contributed by atoms with Crippen LogP contribution in [0.15, 0.2) is 24.3 Å². The van der Waals surface area contributed by atoms with Crippen LogP contribution in [0.1, 0.15) is 0 Å². The zero-order chi connectivity index (χ0) is 13.9. The van der Waals surface area contributed by atoms with E-state index in [-0.39, 0.29) is 13.2 Å². The highest BCUT2D eigenvalue weighted by Crippen LogP contribution is 2.17. The van der Waals surface area contributed by atoms with Gasteiger partial charge in [-0.15, -0.1) is 0 Å². The second kappa shape index (κ2) is 5.48. The number of nitrogens with one attached hydrogen (secondary N) is 1. The molecule has 0 fully saturated rings. The maximum atomic E-state index is 11.8. The number of rotatable bonds is 5. The van der Waals surface area contributed by atoms with E-state index < -0.39 is 12.8 Å². The average molecular weight is 273 g/mol. The molecule has 2 aromatic rings. The number of aryl methyl sites for hydroxylation is 1. The van der Waals surface area contributed by atoms with Crippen molar-refractivity contribution < 1.29 is 17.9 Å². The largest absolute Gasteiger partial charge is 0.411 e. The fourth-order valence-corrected chi connectivity index (χ4v) is 1.73. The van der Waals surface area contributed by atoms with Crippen LogP contribution in [-0.2, 0) is 11.8 Å². The van der Waals surface area contributed by atoms with Crippen LogP contribution in [0.5, 0.6) is 0 Å². The Labute approximate surface area is 108 Å². The quantitative estimate of drug-likeness (QED) is 0.851. The van der Waals surface area contributed by atoms with Gasteiger partial charge in [0.05, 0.1) is 17.6 Å². The van der Waals surface area contributed by atoms with Crippen LogP contribution in [0.4, 0.5) is 19.1 Å². The Hall–Kier alpha value is -1.76. The van der Waals surface area contributed by atoms with Crippen LogP contribution in [0.3, 0.4) is 0 Å². The molecule has 1 N–H and O–H groups in total. The molecule has 19 heavy (non-hydrogen) atoms. The third-order valence-corrected chi connectivity index (χ3v) is 2.58. The number of fused-ring (bicyclic) bond motifs is 1. The fourth-order valence-electron chi connectivity index (χ4n) is 1.73. The van der Waals surface area contributed by atoms with Gasteiger partial charge in [0.15, 0.2) is 0 Å². The minimum atomic E-state index is -4.28. The van der Waals surface area contributed by atoms with Gasteiger partial charge in [-0.1, -0.05) is 12.1 Å². The van der Waals surface area contributed by atoms with Gasteiger partial charge < -0.3 is 14.6 Å². The first-order chi connectivity index (χ1) is 8.97. The van der Waals surface area contributed by atoms with Crippen LogP contribution in [-0.4, -0.2) is 35.5 Å². The number of hydrogen-bond donors (Lipinski definition) is 1. The van der Waals surface area contributed by atoms with E-state index in [1.807, 2.05) is 35.9 Å². The van der Waals surface area contributed by atoms with E-state index >= 15 is 0 Å². The molecule has 0 amide bonds. The second-order valence-electron chi connectivity index (χ2n) is 4.08. The van der Waals surface area contributed by atoms with Gasteiger partial charge in [-0.2, -0.15) is 13.2 Å². The summed E-state index contributed by atoms with van der Waals surface area (Å²) < 4.78 is 41.9. The Morgan fingerprint density at radius 3 is 2.74 bits per heavy atom. The minimum absolute atomic E-state index is 0.0251. The van der Waals surface area contributed by atoms with Gasteiger partial charge in [0, 0.05) is 13.6 Å². The van der Waals surface area contributed by atoms with E-state index in [9.17, 15) is 13.2 Å². The molecule has 0 aliphatic carbocycles. The molecular formula is C12H14F3N3O. The Bertz CT molecular complexity index is 551. The smallest absolute Gasteiger partial charge is 0.370 e. The van der Waals surface area contributed by atoms with E-state index in [4.69, 9.17) is 0 Å². The molecule has 0 radical (unpaired) electrons. The van der Waals surface area contributed by atoms with Crippen molar-refractivity contribution in [3.05, 3.63) is 24.3 Å². The number of anilines is 1. The standard InChI is InChI=1S/C12H14F3N3O/c1-18-10-5-3-2-4-9(10)17-11(18)16-6-7-19-8-12(13,14)15/h2-5H,6-8H2,1H3,(H,16,17). The predicted molar refractivity (Wildman–Crippen MR) is 66.1 cm³/mol. The number of halogens is 3. The van der Waals surface area contributed by atoms with Gasteiger partial charge >= 0.3 is 6.18 Å². The Balaban J connectivity index is 1.87. The van der Waals surface area contributed by atoms with Gasteiger partial charge in [0.1, 0.15) is 6.61 Å². The number of imidazole rings is 1. The molecule has 0 unspecified atom stereocenters. The Kier molecular flexibility index (Phi) is 3.94. The summed E-state index contributed by atoms with van der Waals surface area (Å²) >= 11 is 0. The monoisotopic (exact) mass is 273 g/mol. The molecule has 0 saturated heterocycles. The fraction of sp³-hybridized carbons (Fsp3) is 0.417. The highest BCUT2D eigenvalue weighted by molar-refractivity contribution is 5.78. The molecule has 0 aliphatic heterocycles. The summed E-state index contributed by atoms with van der Waals surface area (Å²) in [5, 5.41) is 2.95. The zero-order valence-electron chi connectivity index (χ0n) is 10.4. The van der Waals surface area contributed by atoms with Gasteiger partial charge in [0.2, 0.25) is 5.95 Å². The van der Waals surface area contributed by atoms with Crippen LogP contribution >= 0.6 is 0 Å². The number of alkyl halides is 3. The molecule has 0 aliphatic rings. The number of hydrogen-bond acceptors (Lipinski definition) is 3. The summed E-state index contributed by atoms with van der Waals surface area (Å²) in [6, 6.07) is 7.58. The molecule has 0 saturated carbocycles. The highest BCUT2D eigenvalue weighted by Gasteiger charge is 2.27. The Morgan fingerprint density at radius 1 is 1.32 bits per heavy atom. The first kappa shape index (κ1) is 13.7. The molecule has 104 valence electrons. The van der Waals surface area contributed by atoms with Crippen LogP contribution in [0.25, 0.3) is 11.0 Å². The SMILES string of the molecule is Cn1c(NCCOCC(F)(F)F)nc2ccccc21. The molecule has 1 aromatic carbocycles. The van der Waals surface area contributed by atoms with Gasteiger partial charge in [-0.05, 0) is 12.1 Å². The van der Waals surface area contributed by atoms with Crippen molar-refractivity contribution >= 4 is 17.0 Å². The van der Waals surface area contributed by atoms with E-state index in [1.165, 1.54) is 0 Å². The number of aromatic nitrogens is 2. The van der Waals surface area contributed by atoms with E-state index in [1.54, 1.807) is 0 Å². The van der Waals surface area contributed by atoms with Crippen LogP contribution < -0.4 is 5.32 Å². The first-order valence-electron chi connectivity index (χ1n) is 5.77. The Morgan fingerprint density at radius 2 is 2.05 bits per heavy atom. The summed E-state index contributed by atoms with van der Waals surface area (Å²) in [5.41, 5.74) is 1.80. The molecule has 1 heterocycles. The number of para-hydroxylation sites is 2. The molecule has 0 bridgehead atoms. The lowest BCUT2D eigenvalue weighted by molar-refractivity contribution is -0.172. The summed E-state index contributed by atoms with van der Waals surface area (Å²) in [5.74, 6) is 0.608. The van der Waals surface area contributed by atoms with Crippen molar-refractivity contribution in [3.8, 4) is 0 Å². The van der Waals surface area contributed by atoms with E-state index in [0.29, 0.717) is 5.95 Å². The van der Waals surface area contributed by atoms with Crippen molar-refractivity contribution in [3.63, 3.8) is 0 Å². The van der Waals surface area contributed by atoms with Crippen molar-refractivity contribution in [2.24, 2.45) is 7.05 Å². The molecule has 0 atom stereocenters. The van der Waals surface area contributed by atoms with Gasteiger partial charge in [-0.3, -0.25) is 0 Å². The minimum Gasteiger partial charge on any atom is -0.370 e. The van der Waals surface area contributed by atoms with Crippen molar-refractivity contribution in [1.29, 1.82) is 0 Å². The third-order valence-electron chi connectivity index (χ3n) is 2.58. The zero-order valence-corrected chi connectivity index (χ0v) is 10.4. The number of ether oxygens (including phenoxy) is 1. The maximum Gasteiger partial charge on any atom is 0.411 e. The number of benzene rings is 1. The molecule has 1 aromatic heterocycles. The summed E-state index contributed by atoms with van der Waals surface area (Å²) in [7, 11) is 1.84. The van der Waals surface area contributed by atoms with Gasteiger partial charge in [0.25, 0.3) is 0 Å². The first-order valence-corrected chi connectivity index (χ1v) is 5.77. The lowest BCUT2D eigenvalue weighted by Gasteiger charge is -2.09. The van der Waals surface area contributed by atoms with Crippen LogP contribution in [0.2, 0.25) is 0 Å². The average Bonchev–Trinajstić information content (AvgIpc) is 2.65. The second-order valence-corrected chi connectivity index (χ2v) is 4.08. The predicted octanol–water partition coefficient (Wildman–Crippen LogP) is 2.56. The van der Waals surface area contributed by atoms with Crippen LogP contribution in [0, 0.1) is 0 Å². The number of nitrogens with zero attached hydrogens (tertiary/aromatic N) is 2. The summed E-state index contributed by atoms with van der Waals surface area (Å²) in [6.45, 7) is -0.979. The van der Waals surface area contributed by atoms with Crippen molar-refractivity contribution in [2.75, 3.05) is 25.1 Å². The van der Waals surface area contributed by atoms with E-state index in [2.05, 4.69) is 15.0 Å². The maximum absolute atomic E-state index is 11.8. The lowest BCUT2D eigenvalue weighted by Crippen LogP contribution is -2.20. The molecule has 0 spiro atoms. The highest BCUT2D eigenvalue weighted by atomic mass is 19.4. The molecule has 4 nitrogen and oxygen atoms in total. The molecule has 2 rings (SSSR count). The molecular weight excluding hydrogens is 259 g/mol. The van der Waals surface area contributed by atoms with Gasteiger partial charge in [-0.25, -0.2) is 4.98 Å². The lowest BCUT2D eigenvalue weighted by atomic mass is 10.3. The summed E-state index contributed by atoms with van der Waals surface area (Å²) in [4.78, 5) is 4.33. The topological polar surface area (TPSA) is 39.1 Å². The third kappa shape index (κ3) is 3.60. The molecule has 7 heteroatoms. The normalized spacial score (nSPS) is 12.0. The summed E-state index contributed by atoms with van der Waals surface area (Å²) in [6.07, 6.45) is -4.28. The van der Waals surface area contributed by atoms with Crippen molar-refractivity contribution in [2.45, 2.75) is 6.18 Å².